The molecule has 0 atom stereocenters. The van der Waals surface area contributed by atoms with E-state index in [-0.39, 0.29) is 5.69 Å². The Morgan fingerprint density at radius 3 is 2.83 bits per heavy atom. The molecule has 3 rings (SSSR count). The van der Waals surface area contributed by atoms with Crippen molar-refractivity contribution in [1.29, 1.82) is 0 Å². The summed E-state index contributed by atoms with van der Waals surface area (Å²) in [5.74, 6) is 1.88. The molecule has 0 bridgehead atoms. The summed E-state index contributed by atoms with van der Waals surface area (Å²) in [6.07, 6.45) is 1.82. The molecule has 2 aromatic rings. The number of ether oxygens (including phenoxy) is 2. The average molecular weight is 326 g/mol. The molecule has 0 saturated heterocycles. The molecule has 2 aromatic carbocycles. The van der Waals surface area contributed by atoms with Gasteiger partial charge in [0.05, 0.1) is 12.0 Å². The first-order chi connectivity index (χ1) is 11.6. The van der Waals surface area contributed by atoms with E-state index in [9.17, 15) is 10.1 Å². The molecule has 0 N–H and O–H groups in total. The highest BCUT2D eigenvalue weighted by Gasteiger charge is 2.22. The van der Waals surface area contributed by atoms with Crippen LogP contribution in [-0.2, 0) is 13.1 Å². The number of rotatable bonds is 4. The van der Waals surface area contributed by atoms with Crippen LogP contribution in [0.25, 0.3) is 0 Å². The van der Waals surface area contributed by atoms with E-state index in [0.29, 0.717) is 36.9 Å². The van der Waals surface area contributed by atoms with Gasteiger partial charge in [0.25, 0.3) is 5.69 Å². The molecule has 0 aromatic heterocycles. The predicted octanol–water partition coefficient (Wildman–Crippen LogP) is 3.90. The number of hydrogen-bond donors (Lipinski definition) is 0. The first-order valence-electron chi connectivity index (χ1n) is 7.56. The van der Waals surface area contributed by atoms with E-state index < -0.39 is 4.92 Å². The lowest BCUT2D eigenvalue weighted by Gasteiger charge is -2.27. The number of nitro groups is 1. The maximum absolute atomic E-state index is 11.1. The minimum atomic E-state index is -0.397. The maximum atomic E-state index is 11.1. The van der Waals surface area contributed by atoms with Crippen LogP contribution in [0.2, 0.25) is 0 Å². The summed E-state index contributed by atoms with van der Waals surface area (Å²) in [6, 6.07) is 10.4. The third kappa shape index (κ3) is 3.09. The lowest BCUT2D eigenvalue weighted by molar-refractivity contribution is -0.384. The molecule has 0 radical (unpaired) electrons. The monoisotopic (exact) mass is 326 g/mol. The molecule has 0 unspecified atom stereocenters. The molecular weight excluding hydrogens is 308 g/mol. The van der Waals surface area contributed by atoms with E-state index in [2.05, 4.69) is 11.5 Å². The van der Waals surface area contributed by atoms with Crippen molar-refractivity contribution >= 4 is 5.69 Å². The largest absolute Gasteiger partial charge is 0.493 e. The second-order valence-corrected chi connectivity index (χ2v) is 5.56. The van der Waals surface area contributed by atoms with Crippen molar-refractivity contribution in [3.8, 4) is 17.2 Å². The van der Waals surface area contributed by atoms with Gasteiger partial charge in [0, 0.05) is 42.9 Å². The summed E-state index contributed by atoms with van der Waals surface area (Å²) in [5, 5.41) is 11.1. The highest BCUT2D eigenvalue weighted by atomic mass is 16.6. The number of nitro benzene ring substituents is 1. The van der Waals surface area contributed by atoms with Crippen molar-refractivity contribution in [3.05, 3.63) is 70.3 Å². The van der Waals surface area contributed by atoms with Crippen LogP contribution in [0.4, 0.5) is 5.69 Å². The number of para-hydroxylation sites is 1. The standard InChI is InChI=1S/C18H18N2O4/c1-3-9-19-11-13-5-4-6-17(23-2)18(13)24-16-8-7-15(20(21)22)10-14(16)12-19/h3-8,10H,1,9,11-12H2,2H3. The summed E-state index contributed by atoms with van der Waals surface area (Å²) >= 11 is 0. The van der Waals surface area contributed by atoms with E-state index in [1.165, 1.54) is 6.07 Å². The van der Waals surface area contributed by atoms with E-state index in [1.54, 1.807) is 19.2 Å². The summed E-state index contributed by atoms with van der Waals surface area (Å²) in [7, 11) is 1.59. The molecule has 0 aliphatic carbocycles. The second kappa shape index (κ2) is 6.72. The molecule has 1 aliphatic heterocycles. The second-order valence-electron chi connectivity index (χ2n) is 5.56. The van der Waals surface area contributed by atoms with E-state index >= 15 is 0 Å². The van der Waals surface area contributed by atoms with Crippen molar-refractivity contribution in [2.75, 3.05) is 13.7 Å². The van der Waals surface area contributed by atoms with E-state index in [4.69, 9.17) is 9.47 Å². The molecule has 6 heteroatoms. The Morgan fingerprint density at radius 2 is 2.12 bits per heavy atom. The van der Waals surface area contributed by atoms with Crippen molar-refractivity contribution in [2.45, 2.75) is 13.1 Å². The van der Waals surface area contributed by atoms with Crippen LogP contribution in [0.5, 0.6) is 17.2 Å². The number of hydrogen-bond acceptors (Lipinski definition) is 5. The van der Waals surface area contributed by atoms with E-state index in [1.807, 2.05) is 24.3 Å². The Kier molecular flexibility index (Phi) is 4.48. The molecule has 24 heavy (non-hydrogen) atoms. The van der Waals surface area contributed by atoms with Crippen LogP contribution in [0.3, 0.4) is 0 Å². The molecule has 1 heterocycles. The van der Waals surface area contributed by atoms with Gasteiger partial charge in [-0.25, -0.2) is 0 Å². The summed E-state index contributed by atoms with van der Waals surface area (Å²) < 4.78 is 11.5. The Bertz CT molecular complexity index is 789. The van der Waals surface area contributed by atoms with Gasteiger partial charge in [0.2, 0.25) is 0 Å². The molecule has 0 amide bonds. The lowest BCUT2D eigenvalue weighted by atomic mass is 10.1. The third-order valence-electron chi connectivity index (χ3n) is 3.92. The van der Waals surface area contributed by atoms with Crippen LogP contribution >= 0.6 is 0 Å². The summed E-state index contributed by atoms with van der Waals surface area (Å²) in [6.45, 7) is 5.64. The maximum Gasteiger partial charge on any atom is 0.270 e. The fourth-order valence-electron chi connectivity index (χ4n) is 2.82. The number of methoxy groups -OCH3 is 1. The minimum absolute atomic E-state index is 0.0525. The third-order valence-corrected chi connectivity index (χ3v) is 3.92. The normalized spacial score (nSPS) is 13.7. The first-order valence-corrected chi connectivity index (χ1v) is 7.56. The molecule has 6 nitrogen and oxygen atoms in total. The number of fused-ring (bicyclic) bond motifs is 2. The quantitative estimate of drug-likeness (QED) is 0.484. The molecule has 124 valence electrons. The predicted molar refractivity (Wildman–Crippen MR) is 90.5 cm³/mol. The Hall–Kier alpha value is -2.86. The average Bonchev–Trinajstić information content (AvgIpc) is 2.55. The highest BCUT2D eigenvalue weighted by molar-refractivity contribution is 5.52. The molecule has 0 spiro atoms. The van der Waals surface area contributed by atoms with Crippen molar-refractivity contribution in [2.24, 2.45) is 0 Å². The van der Waals surface area contributed by atoms with Crippen molar-refractivity contribution in [3.63, 3.8) is 0 Å². The number of nitrogens with zero attached hydrogens (tertiary/aromatic N) is 2. The SMILES string of the molecule is C=CCN1Cc2cc([N+](=O)[O-])ccc2Oc2c(cccc2OC)C1. The van der Waals surface area contributed by atoms with Gasteiger partial charge in [-0.05, 0) is 12.1 Å². The van der Waals surface area contributed by atoms with Gasteiger partial charge >= 0.3 is 0 Å². The minimum Gasteiger partial charge on any atom is -0.493 e. The van der Waals surface area contributed by atoms with Gasteiger partial charge in [-0.15, -0.1) is 6.58 Å². The van der Waals surface area contributed by atoms with Gasteiger partial charge in [-0.3, -0.25) is 15.0 Å². The summed E-state index contributed by atoms with van der Waals surface area (Å²) in [5.41, 5.74) is 1.82. The zero-order valence-corrected chi connectivity index (χ0v) is 13.4. The van der Waals surface area contributed by atoms with Gasteiger partial charge < -0.3 is 9.47 Å². The lowest BCUT2D eigenvalue weighted by Crippen LogP contribution is -2.25. The Labute approximate surface area is 140 Å². The number of non-ortho nitro benzene ring substituents is 1. The summed E-state index contributed by atoms with van der Waals surface area (Å²) in [4.78, 5) is 12.8. The van der Waals surface area contributed by atoms with Crippen LogP contribution in [-0.4, -0.2) is 23.5 Å². The fourth-order valence-corrected chi connectivity index (χ4v) is 2.82. The molecule has 1 aliphatic rings. The zero-order valence-electron chi connectivity index (χ0n) is 13.4. The first kappa shape index (κ1) is 16.0. The van der Waals surface area contributed by atoms with Crippen LogP contribution in [0, 0.1) is 10.1 Å². The number of benzene rings is 2. The zero-order chi connectivity index (χ0) is 17.1. The Balaban J connectivity index is 2.12. The van der Waals surface area contributed by atoms with Crippen LogP contribution < -0.4 is 9.47 Å². The topological polar surface area (TPSA) is 64.8 Å². The van der Waals surface area contributed by atoms with Crippen LogP contribution in [0.15, 0.2) is 49.1 Å². The van der Waals surface area contributed by atoms with Crippen molar-refractivity contribution < 1.29 is 14.4 Å². The van der Waals surface area contributed by atoms with Gasteiger partial charge in [-0.2, -0.15) is 0 Å². The molecular formula is C18H18N2O4. The van der Waals surface area contributed by atoms with Crippen LogP contribution in [0.1, 0.15) is 11.1 Å². The van der Waals surface area contributed by atoms with Gasteiger partial charge in [-0.1, -0.05) is 18.2 Å². The van der Waals surface area contributed by atoms with Crippen molar-refractivity contribution in [1.82, 2.24) is 4.90 Å². The molecule has 0 saturated carbocycles. The smallest absolute Gasteiger partial charge is 0.270 e. The fraction of sp³-hybridized carbons (Fsp3) is 0.222. The van der Waals surface area contributed by atoms with E-state index in [0.717, 1.165) is 11.1 Å². The highest BCUT2D eigenvalue weighted by Crippen LogP contribution is 2.40. The Morgan fingerprint density at radius 1 is 1.33 bits per heavy atom. The molecule has 0 fully saturated rings. The van der Waals surface area contributed by atoms with Gasteiger partial charge in [0.15, 0.2) is 11.5 Å². The van der Waals surface area contributed by atoms with Gasteiger partial charge in [0.1, 0.15) is 5.75 Å².